The van der Waals surface area contributed by atoms with Crippen LogP contribution >= 0.6 is 0 Å². The van der Waals surface area contributed by atoms with Gasteiger partial charge in [-0.2, -0.15) is 0 Å². The van der Waals surface area contributed by atoms with E-state index < -0.39 is 6.09 Å². The predicted molar refractivity (Wildman–Crippen MR) is 112 cm³/mol. The Kier molecular flexibility index (Phi) is 7.64. The van der Waals surface area contributed by atoms with Gasteiger partial charge in [-0.25, -0.2) is 4.79 Å². The third kappa shape index (κ3) is 6.06. The largest absolute Gasteiger partial charge is 0.412 e. The predicted octanol–water partition coefficient (Wildman–Crippen LogP) is 3.68. The number of hydrogen-bond donors (Lipinski definition) is 2. The van der Waals surface area contributed by atoms with Crippen molar-refractivity contribution < 1.29 is 14.3 Å². The van der Waals surface area contributed by atoms with E-state index in [0.29, 0.717) is 25.4 Å². The van der Waals surface area contributed by atoms with Crippen LogP contribution in [0.15, 0.2) is 60.7 Å². The van der Waals surface area contributed by atoms with E-state index in [2.05, 4.69) is 10.6 Å². The lowest BCUT2D eigenvalue weighted by atomic mass is 10.1. The van der Waals surface area contributed by atoms with Crippen LogP contribution in [0.1, 0.15) is 37.7 Å². The van der Waals surface area contributed by atoms with Gasteiger partial charge < -0.3 is 15.0 Å². The summed E-state index contributed by atoms with van der Waals surface area (Å²) in [6.45, 7) is 1.82. The van der Waals surface area contributed by atoms with Crippen LogP contribution < -0.4 is 15.4 Å². The first-order valence-corrected chi connectivity index (χ1v) is 10.2. The Balaban J connectivity index is 1.45. The fourth-order valence-electron chi connectivity index (χ4n) is 3.83. The zero-order valence-corrected chi connectivity index (χ0v) is 16.7. The molecule has 6 heteroatoms. The van der Waals surface area contributed by atoms with Crippen molar-refractivity contribution in [3.05, 3.63) is 66.2 Å². The molecule has 0 saturated heterocycles. The van der Waals surface area contributed by atoms with E-state index in [9.17, 15) is 9.59 Å². The molecule has 0 bridgehead atoms. The summed E-state index contributed by atoms with van der Waals surface area (Å²) in [5.74, 6) is 0.524. The van der Waals surface area contributed by atoms with Crippen molar-refractivity contribution in [2.24, 2.45) is 0 Å². The maximum absolute atomic E-state index is 11.9. The molecule has 2 aromatic carbocycles. The van der Waals surface area contributed by atoms with Gasteiger partial charge in [0.2, 0.25) is 6.41 Å². The van der Waals surface area contributed by atoms with Gasteiger partial charge in [0.1, 0.15) is 5.75 Å². The molecule has 0 radical (unpaired) electrons. The summed E-state index contributed by atoms with van der Waals surface area (Å²) in [6.07, 6.45) is 5.36. The van der Waals surface area contributed by atoms with Crippen molar-refractivity contribution in [2.75, 3.05) is 13.1 Å². The molecule has 2 aromatic rings. The average molecular weight is 396 g/mol. The van der Waals surface area contributed by atoms with Crippen LogP contribution in [-0.2, 0) is 11.3 Å². The molecule has 1 aliphatic carbocycles. The number of para-hydroxylation sites is 1. The molecule has 0 heterocycles. The summed E-state index contributed by atoms with van der Waals surface area (Å²) in [4.78, 5) is 25.6. The van der Waals surface area contributed by atoms with Crippen molar-refractivity contribution in [3.8, 4) is 5.75 Å². The molecule has 29 heavy (non-hydrogen) atoms. The molecule has 0 aromatic heterocycles. The second-order valence-corrected chi connectivity index (χ2v) is 7.37. The van der Waals surface area contributed by atoms with E-state index in [1.54, 1.807) is 12.1 Å². The van der Waals surface area contributed by atoms with Crippen molar-refractivity contribution >= 4 is 12.5 Å². The lowest BCUT2D eigenvalue weighted by Gasteiger charge is -2.40. The zero-order chi connectivity index (χ0) is 20.4. The third-order valence-electron chi connectivity index (χ3n) is 5.33. The minimum absolute atomic E-state index is 0.303. The number of benzene rings is 2. The molecule has 1 saturated carbocycles. The van der Waals surface area contributed by atoms with Gasteiger partial charge in [-0.05, 0) is 56.3 Å². The average Bonchev–Trinajstić information content (AvgIpc) is 3.23. The van der Waals surface area contributed by atoms with Crippen LogP contribution in [0.25, 0.3) is 0 Å². The van der Waals surface area contributed by atoms with E-state index in [0.717, 1.165) is 44.1 Å². The smallest absolute Gasteiger partial charge is 0.410 e. The Morgan fingerprint density at radius 1 is 1.00 bits per heavy atom. The number of amides is 2. The SMILES string of the molecule is O=CN(Cc1ccccc1)C1(NCCCNC(=O)Oc2ccccc2)CCCC1. The quantitative estimate of drug-likeness (QED) is 0.366. The minimum Gasteiger partial charge on any atom is -0.410 e. The van der Waals surface area contributed by atoms with Crippen LogP contribution in [0.2, 0.25) is 0 Å². The normalized spacial score (nSPS) is 14.9. The van der Waals surface area contributed by atoms with Gasteiger partial charge in [0.05, 0.1) is 5.66 Å². The summed E-state index contributed by atoms with van der Waals surface area (Å²) in [5.41, 5.74) is 0.820. The van der Waals surface area contributed by atoms with E-state index >= 15 is 0 Å². The summed E-state index contributed by atoms with van der Waals surface area (Å²) in [7, 11) is 0. The van der Waals surface area contributed by atoms with Crippen LogP contribution in [0.5, 0.6) is 5.75 Å². The molecule has 3 rings (SSSR count). The molecule has 0 spiro atoms. The van der Waals surface area contributed by atoms with Crippen LogP contribution in [0.3, 0.4) is 0 Å². The first-order chi connectivity index (χ1) is 14.2. The lowest BCUT2D eigenvalue weighted by molar-refractivity contribution is -0.126. The number of hydrogen-bond acceptors (Lipinski definition) is 4. The summed E-state index contributed by atoms with van der Waals surface area (Å²) >= 11 is 0. The van der Waals surface area contributed by atoms with Gasteiger partial charge in [-0.1, -0.05) is 48.5 Å². The summed E-state index contributed by atoms with van der Waals surface area (Å²) in [5, 5.41) is 6.36. The summed E-state index contributed by atoms with van der Waals surface area (Å²) in [6, 6.07) is 19.0. The lowest BCUT2D eigenvalue weighted by Crippen LogP contribution is -2.56. The van der Waals surface area contributed by atoms with Crippen LogP contribution in [-0.4, -0.2) is 36.2 Å². The molecule has 1 aliphatic rings. The highest BCUT2D eigenvalue weighted by Gasteiger charge is 2.38. The van der Waals surface area contributed by atoms with E-state index in [4.69, 9.17) is 4.74 Å². The first-order valence-electron chi connectivity index (χ1n) is 10.2. The monoisotopic (exact) mass is 395 g/mol. The highest BCUT2D eigenvalue weighted by atomic mass is 16.6. The van der Waals surface area contributed by atoms with E-state index in [-0.39, 0.29) is 5.66 Å². The molecule has 6 nitrogen and oxygen atoms in total. The minimum atomic E-state index is -0.453. The Morgan fingerprint density at radius 2 is 1.66 bits per heavy atom. The second kappa shape index (κ2) is 10.6. The number of rotatable bonds is 10. The number of carbonyl (C=O) groups excluding carboxylic acids is 2. The molecule has 2 N–H and O–H groups in total. The Bertz CT molecular complexity index is 761. The van der Waals surface area contributed by atoms with Gasteiger partial charge in [-0.15, -0.1) is 0 Å². The molecule has 0 aliphatic heterocycles. The Hall–Kier alpha value is -2.86. The summed E-state index contributed by atoms with van der Waals surface area (Å²) < 4.78 is 5.21. The van der Waals surface area contributed by atoms with Crippen molar-refractivity contribution in [1.82, 2.24) is 15.5 Å². The van der Waals surface area contributed by atoms with E-state index in [1.165, 1.54) is 0 Å². The number of carbonyl (C=O) groups is 2. The van der Waals surface area contributed by atoms with Crippen LogP contribution in [0.4, 0.5) is 4.79 Å². The molecule has 0 atom stereocenters. The van der Waals surface area contributed by atoms with E-state index in [1.807, 2.05) is 53.4 Å². The maximum atomic E-state index is 11.9. The molecular formula is C23H29N3O3. The highest BCUT2D eigenvalue weighted by molar-refractivity contribution is 5.70. The first kappa shape index (κ1) is 20.9. The van der Waals surface area contributed by atoms with Crippen molar-refractivity contribution in [2.45, 2.75) is 44.3 Å². The van der Waals surface area contributed by atoms with Crippen LogP contribution in [0, 0.1) is 0 Å². The zero-order valence-electron chi connectivity index (χ0n) is 16.7. The van der Waals surface area contributed by atoms with Gasteiger partial charge in [0.25, 0.3) is 0 Å². The molecular weight excluding hydrogens is 366 g/mol. The Labute approximate surface area is 172 Å². The van der Waals surface area contributed by atoms with Crippen molar-refractivity contribution in [3.63, 3.8) is 0 Å². The molecule has 0 unspecified atom stereocenters. The number of nitrogens with zero attached hydrogens (tertiary/aromatic N) is 1. The second-order valence-electron chi connectivity index (χ2n) is 7.37. The highest BCUT2D eigenvalue weighted by Crippen LogP contribution is 2.33. The molecule has 2 amide bonds. The molecule has 154 valence electrons. The Morgan fingerprint density at radius 3 is 2.31 bits per heavy atom. The number of nitrogens with one attached hydrogen (secondary N) is 2. The molecule has 1 fully saturated rings. The van der Waals surface area contributed by atoms with Gasteiger partial charge in [0, 0.05) is 13.1 Å². The topological polar surface area (TPSA) is 70.7 Å². The fourth-order valence-corrected chi connectivity index (χ4v) is 3.83. The fraction of sp³-hybridized carbons (Fsp3) is 0.391. The van der Waals surface area contributed by atoms with Gasteiger partial charge in [-0.3, -0.25) is 10.1 Å². The van der Waals surface area contributed by atoms with Crippen molar-refractivity contribution in [1.29, 1.82) is 0 Å². The maximum Gasteiger partial charge on any atom is 0.412 e. The van der Waals surface area contributed by atoms with Gasteiger partial charge >= 0.3 is 6.09 Å². The third-order valence-corrected chi connectivity index (χ3v) is 5.33. The standard InChI is InChI=1S/C23H29N3O3/c27-19-26(18-20-10-3-1-4-11-20)23(14-7-8-15-23)25-17-9-16-24-22(28)29-21-12-5-2-6-13-21/h1-6,10-13,19,25H,7-9,14-18H2,(H,24,28). The number of ether oxygens (including phenoxy) is 1. The van der Waals surface area contributed by atoms with Gasteiger partial charge in [0.15, 0.2) is 0 Å².